The van der Waals surface area contributed by atoms with Crippen LogP contribution in [0.3, 0.4) is 0 Å². The van der Waals surface area contributed by atoms with Crippen molar-refractivity contribution in [1.82, 2.24) is 0 Å². The SMILES string of the molecule is Cc1ccc(N(c2ccccc2)c2ccc3c(c2)C(c2ccccc2)(c2ccccc2)c2c-3c3ccccc3c3cc(N(c4ccccc4)c4ccc(C)cc4)ccc23)cc1. The average Bonchev–Trinajstić information content (AvgIpc) is 3.63. The van der Waals surface area contributed by atoms with E-state index in [1.165, 1.54) is 66.1 Å². The monoisotopic (exact) mass is 780 g/mol. The molecule has 0 unspecified atom stereocenters. The number of hydrogen-bond acceptors (Lipinski definition) is 2. The number of fused-ring (bicyclic) bond motifs is 8. The zero-order valence-electron chi connectivity index (χ0n) is 34.3. The lowest BCUT2D eigenvalue weighted by Crippen LogP contribution is -2.29. The number of hydrogen-bond donors (Lipinski definition) is 0. The third-order valence-electron chi connectivity index (χ3n) is 12.6. The highest BCUT2D eigenvalue weighted by Crippen LogP contribution is 2.61. The van der Waals surface area contributed by atoms with E-state index in [2.05, 4.69) is 254 Å². The molecule has 10 aromatic carbocycles. The van der Waals surface area contributed by atoms with Gasteiger partial charge >= 0.3 is 0 Å². The molecule has 0 aromatic heterocycles. The molecule has 0 heterocycles. The van der Waals surface area contributed by atoms with Crippen LogP contribution in [0.1, 0.15) is 33.4 Å². The standard InChI is InChI=1S/C59H44N2/c1-41-27-31-47(32-28-41)60(45-21-11-5-12-22-45)49-35-37-53-55(39-49)51-25-15-16-26-52(51)57-54-38-36-50(61(46-23-13-6-14-24-46)48-33-29-42(2)30-34-48)40-56(54)59(58(53)57,43-17-7-3-8-18-43)44-19-9-4-10-20-44/h3-40H,1-2H3. The molecule has 2 nitrogen and oxygen atoms in total. The maximum Gasteiger partial charge on any atom is 0.0720 e. The molecule has 0 bridgehead atoms. The van der Waals surface area contributed by atoms with E-state index in [4.69, 9.17) is 0 Å². The van der Waals surface area contributed by atoms with Gasteiger partial charge in [-0.15, -0.1) is 0 Å². The number of rotatable bonds is 8. The van der Waals surface area contributed by atoms with Crippen LogP contribution in [0.2, 0.25) is 0 Å². The predicted octanol–water partition coefficient (Wildman–Crippen LogP) is 15.9. The molecule has 0 spiro atoms. The van der Waals surface area contributed by atoms with Gasteiger partial charge in [0.25, 0.3) is 0 Å². The Bertz CT molecular complexity index is 3140. The van der Waals surface area contributed by atoms with Crippen LogP contribution in [-0.4, -0.2) is 0 Å². The van der Waals surface area contributed by atoms with E-state index in [9.17, 15) is 0 Å². The minimum Gasteiger partial charge on any atom is -0.310 e. The van der Waals surface area contributed by atoms with Crippen molar-refractivity contribution >= 4 is 55.7 Å². The van der Waals surface area contributed by atoms with E-state index in [0.29, 0.717) is 0 Å². The molecule has 0 atom stereocenters. The van der Waals surface area contributed by atoms with Crippen LogP contribution in [0.25, 0.3) is 32.7 Å². The Hall–Kier alpha value is -7.68. The summed E-state index contributed by atoms with van der Waals surface area (Å²) in [5.74, 6) is 0. The number of para-hydroxylation sites is 2. The molecule has 2 heteroatoms. The van der Waals surface area contributed by atoms with Crippen molar-refractivity contribution in [3.05, 3.63) is 264 Å². The van der Waals surface area contributed by atoms with E-state index in [-0.39, 0.29) is 0 Å². The van der Waals surface area contributed by atoms with Crippen LogP contribution in [0.4, 0.5) is 34.1 Å². The zero-order valence-corrected chi connectivity index (χ0v) is 34.3. The first-order valence-corrected chi connectivity index (χ1v) is 21.2. The van der Waals surface area contributed by atoms with Gasteiger partial charge in [-0.3, -0.25) is 0 Å². The Labute approximate surface area is 358 Å². The van der Waals surface area contributed by atoms with Gasteiger partial charge in [0.15, 0.2) is 0 Å². The second-order valence-corrected chi connectivity index (χ2v) is 16.3. The van der Waals surface area contributed by atoms with Gasteiger partial charge in [-0.2, -0.15) is 0 Å². The van der Waals surface area contributed by atoms with E-state index < -0.39 is 5.41 Å². The summed E-state index contributed by atoms with van der Waals surface area (Å²) in [6, 6.07) is 85.0. The summed E-state index contributed by atoms with van der Waals surface area (Å²) in [6.07, 6.45) is 0. The summed E-state index contributed by atoms with van der Waals surface area (Å²) < 4.78 is 0. The quantitative estimate of drug-likeness (QED) is 0.142. The van der Waals surface area contributed by atoms with Gasteiger partial charge in [0.1, 0.15) is 0 Å². The molecule has 0 fully saturated rings. The Morgan fingerprint density at radius 1 is 0.311 bits per heavy atom. The van der Waals surface area contributed by atoms with E-state index in [1.54, 1.807) is 0 Å². The van der Waals surface area contributed by atoms with Crippen LogP contribution in [0.15, 0.2) is 231 Å². The lowest BCUT2D eigenvalue weighted by Gasteiger charge is -2.36. The maximum atomic E-state index is 2.48. The molecule has 0 N–H and O–H groups in total. The second-order valence-electron chi connectivity index (χ2n) is 16.3. The molecule has 0 saturated carbocycles. The highest BCUT2D eigenvalue weighted by Gasteiger charge is 2.48. The topological polar surface area (TPSA) is 6.48 Å². The van der Waals surface area contributed by atoms with Crippen LogP contribution in [-0.2, 0) is 5.41 Å². The van der Waals surface area contributed by atoms with Gasteiger partial charge in [-0.05, 0) is 142 Å². The normalized spacial score (nSPS) is 12.6. The average molecular weight is 781 g/mol. The number of nitrogens with zero attached hydrogens (tertiary/aromatic N) is 2. The smallest absolute Gasteiger partial charge is 0.0720 e. The first-order chi connectivity index (χ1) is 30.1. The highest BCUT2D eigenvalue weighted by molar-refractivity contribution is 6.20. The minimum atomic E-state index is -0.640. The van der Waals surface area contributed by atoms with Crippen LogP contribution in [0.5, 0.6) is 0 Å². The zero-order chi connectivity index (χ0) is 40.9. The van der Waals surface area contributed by atoms with Gasteiger partial charge in [-0.1, -0.05) is 169 Å². The summed E-state index contributed by atoms with van der Waals surface area (Å²) in [5.41, 5.74) is 16.2. The van der Waals surface area contributed by atoms with Gasteiger partial charge in [0.05, 0.1) is 5.41 Å². The van der Waals surface area contributed by atoms with E-state index in [1.807, 2.05) is 0 Å². The first-order valence-electron chi connectivity index (χ1n) is 21.2. The predicted molar refractivity (Wildman–Crippen MR) is 258 cm³/mol. The fourth-order valence-corrected chi connectivity index (χ4v) is 9.90. The third kappa shape index (κ3) is 5.94. The largest absolute Gasteiger partial charge is 0.310 e. The Balaban J connectivity index is 1.25. The molecule has 61 heavy (non-hydrogen) atoms. The fraction of sp³-hybridized carbons (Fsp3) is 0.0508. The maximum absolute atomic E-state index is 2.48. The molecule has 0 saturated heterocycles. The Morgan fingerprint density at radius 3 is 1.25 bits per heavy atom. The van der Waals surface area contributed by atoms with Crippen LogP contribution in [0, 0.1) is 13.8 Å². The van der Waals surface area contributed by atoms with Gasteiger partial charge in [0.2, 0.25) is 0 Å². The van der Waals surface area contributed by atoms with Crippen molar-refractivity contribution in [2.75, 3.05) is 9.80 Å². The molecular formula is C59H44N2. The van der Waals surface area contributed by atoms with Gasteiger partial charge in [0, 0.05) is 34.1 Å². The number of anilines is 6. The molecule has 0 amide bonds. The Morgan fingerprint density at radius 2 is 0.721 bits per heavy atom. The summed E-state index contributed by atoms with van der Waals surface area (Å²) in [5, 5.41) is 4.98. The third-order valence-corrected chi connectivity index (χ3v) is 12.6. The van der Waals surface area contributed by atoms with Crippen LogP contribution >= 0.6 is 0 Å². The van der Waals surface area contributed by atoms with Crippen molar-refractivity contribution in [2.45, 2.75) is 19.3 Å². The molecule has 1 aliphatic rings. The van der Waals surface area contributed by atoms with Crippen molar-refractivity contribution in [2.24, 2.45) is 0 Å². The molecule has 1 aliphatic carbocycles. The number of aryl methyl sites for hydroxylation is 2. The lowest BCUT2D eigenvalue weighted by atomic mass is 9.66. The Kier molecular flexibility index (Phi) is 8.86. The molecule has 10 aromatic rings. The minimum absolute atomic E-state index is 0.640. The molecule has 290 valence electrons. The van der Waals surface area contributed by atoms with E-state index in [0.717, 1.165) is 34.1 Å². The summed E-state index contributed by atoms with van der Waals surface area (Å²) in [6.45, 7) is 4.30. The number of benzene rings is 10. The summed E-state index contributed by atoms with van der Waals surface area (Å²) in [7, 11) is 0. The second kappa shape index (κ2) is 14.9. The van der Waals surface area contributed by atoms with Crippen molar-refractivity contribution in [3.63, 3.8) is 0 Å². The highest BCUT2D eigenvalue weighted by atomic mass is 15.1. The first kappa shape index (κ1) is 36.4. The van der Waals surface area contributed by atoms with Crippen LogP contribution < -0.4 is 9.80 Å². The fourth-order valence-electron chi connectivity index (χ4n) is 9.90. The molecule has 0 aliphatic heterocycles. The van der Waals surface area contributed by atoms with Crippen molar-refractivity contribution < 1.29 is 0 Å². The van der Waals surface area contributed by atoms with Gasteiger partial charge in [-0.25, -0.2) is 0 Å². The molecular weight excluding hydrogens is 737 g/mol. The summed E-state index contributed by atoms with van der Waals surface area (Å²) >= 11 is 0. The van der Waals surface area contributed by atoms with E-state index >= 15 is 0 Å². The van der Waals surface area contributed by atoms with Crippen molar-refractivity contribution in [3.8, 4) is 11.1 Å². The van der Waals surface area contributed by atoms with Crippen molar-refractivity contribution in [1.29, 1.82) is 0 Å². The molecule has 11 rings (SSSR count). The molecule has 0 radical (unpaired) electrons. The van der Waals surface area contributed by atoms with Gasteiger partial charge < -0.3 is 9.80 Å². The summed E-state index contributed by atoms with van der Waals surface area (Å²) in [4.78, 5) is 4.78. The lowest BCUT2D eigenvalue weighted by molar-refractivity contribution is 0.776.